The van der Waals surface area contributed by atoms with E-state index < -0.39 is 6.09 Å². The molecule has 2 rings (SSSR count). The first kappa shape index (κ1) is 9.77. The van der Waals surface area contributed by atoms with Gasteiger partial charge in [-0.3, -0.25) is 0 Å². The van der Waals surface area contributed by atoms with Gasteiger partial charge in [-0.05, 0) is 37.0 Å². The maximum Gasteiger partial charge on any atom is 0.407 e. The number of hydrogen-bond donors (Lipinski definition) is 2. The van der Waals surface area contributed by atoms with Crippen molar-refractivity contribution in [3.05, 3.63) is 0 Å². The number of aliphatic hydroxyl groups is 1. The lowest BCUT2D eigenvalue weighted by molar-refractivity contribution is 0.118. The maximum atomic E-state index is 10.7. The fraction of sp³-hybridized carbons (Fsp3) is 0.900. The van der Waals surface area contributed by atoms with Crippen LogP contribution in [0.1, 0.15) is 19.3 Å². The number of likely N-dealkylation sites (tertiary alicyclic amines) is 1. The molecule has 1 saturated carbocycles. The Hall–Kier alpha value is -0.770. The quantitative estimate of drug-likeness (QED) is 0.697. The molecule has 14 heavy (non-hydrogen) atoms. The van der Waals surface area contributed by atoms with Crippen molar-refractivity contribution in [2.24, 2.45) is 17.8 Å². The van der Waals surface area contributed by atoms with E-state index in [9.17, 15) is 4.79 Å². The van der Waals surface area contributed by atoms with E-state index in [1.165, 1.54) is 4.90 Å². The lowest BCUT2D eigenvalue weighted by atomic mass is 9.91. The Bertz CT molecular complexity index is 223. The third-order valence-electron chi connectivity index (χ3n) is 3.63. The van der Waals surface area contributed by atoms with Gasteiger partial charge in [-0.1, -0.05) is 0 Å². The molecule has 2 atom stereocenters. The summed E-state index contributed by atoms with van der Waals surface area (Å²) in [6, 6.07) is 0. The Morgan fingerprint density at radius 2 is 2.00 bits per heavy atom. The highest BCUT2D eigenvalue weighted by Gasteiger charge is 2.43. The predicted molar refractivity (Wildman–Crippen MR) is 51.0 cm³/mol. The summed E-state index contributed by atoms with van der Waals surface area (Å²) in [4.78, 5) is 12.1. The molecule has 2 aliphatic rings. The van der Waals surface area contributed by atoms with Crippen LogP contribution in [0, 0.1) is 17.8 Å². The van der Waals surface area contributed by atoms with Crippen LogP contribution < -0.4 is 0 Å². The molecule has 1 heterocycles. The average Bonchev–Trinajstić information content (AvgIpc) is 2.97. The minimum atomic E-state index is -0.794. The molecule has 0 aromatic carbocycles. The molecule has 4 nitrogen and oxygen atoms in total. The SMILES string of the molecule is O=C(O)N1CCC([C@@H]2C[C@H]2CO)CC1. The molecule has 0 aromatic heterocycles. The van der Waals surface area contributed by atoms with Crippen molar-refractivity contribution >= 4 is 6.09 Å². The number of piperidine rings is 1. The summed E-state index contributed by atoms with van der Waals surface area (Å²) in [7, 11) is 0. The van der Waals surface area contributed by atoms with E-state index in [-0.39, 0.29) is 0 Å². The van der Waals surface area contributed by atoms with Gasteiger partial charge < -0.3 is 15.1 Å². The number of carbonyl (C=O) groups is 1. The van der Waals surface area contributed by atoms with Crippen LogP contribution in [0.15, 0.2) is 0 Å². The minimum absolute atomic E-state index is 0.309. The molecule has 1 aliphatic carbocycles. The third-order valence-corrected chi connectivity index (χ3v) is 3.63. The van der Waals surface area contributed by atoms with Crippen molar-refractivity contribution in [2.75, 3.05) is 19.7 Å². The lowest BCUT2D eigenvalue weighted by Crippen LogP contribution is -2.38. The van der Waals surface area contributed by atoms with Gasteiger partial charge in [0.15, 0.2) is 0 Å². The van der Waals surface area contributed by atoms with Gasteiger partial charge in [-0.15, -0.1) is 0 Å². The van der Waals surface area contributed by atoms with Crippen LogP contribution >= 0.6 is 0 Å². The summed E-state index contributed by atoms with van der Waals surface area (Å²) in [6.45, 7) is 1.66. The van der Waals surface area contributed by atoms with Crippen molar-refractivity contribution in [3.8, 4) is 0 Å². The smallest absolute Gasteiger partial charge is 0.407 e. The van der Waals surface area contributed by atoms with Crippen molar-refractivity contribution in [1.82, 2.24) is 4.90 Å². The van der Waals surface area contributed by atoms with E-state index in [1.54, 1.807) is 0 Å². The zero-order valence-electron chi connectivity index (χ0n) is 8.22. The molecule has 0 bridgehead atoms. The number of carboxylic acid groups (broad SMARTS) is 1. The zero-order valence-corrected chi connectivity index (χ0v) is 8.22. The highest BCUT2D eigenvalue weighted by molar-refractivity contribution is 5.64. The van der Waals surface area contributed by atoms with Crippen LogP contribution in [0.3, 0.4) is 0 Å². The Balaban J connectivity index is 1.77. The van der Waals surface area contributed by atoms with Crippen molar-refractivity contribution in [3.63, 3.8) is 0 Å². The molecule has 80 valence electrons. The second-order valence-corrected chi connectivity index (χ2v) is 4.45. The largest absolute Gasteiger partial charge is 0.465 e. The van der Waals surface area contributed by atoms with Gasteiger partial charge in [-0.2, -0.15) is 0 Å². The Morgan fingerprint density at radius 1 is 1.36 bits per heavy atom. The van der Waals surface area contributed by atoms with Gasteiger partial charge in [0.05, 0.1) is 0 Å². The Labute approximate surface area is 83.5 Å². The summed E-state index contributed by atoms with van der Waals surface area (Å²) < 4.78 is 0. The van der Waals surface area contributed by atoms with E-state index in [0.29, 0.717) is 37.5 Å². The number of amides is 1. The fourth-order valence-electron chi connectivity index (χ4n) is 2.58. The monoisotopic (exact) mass is 199 g/mol. The highest BCUT2D eigenvalue weighted by Crippen LogP contribution is 2.47. The first-order valence-electron chi connectivity index (χ1n) is 5.31. The van der Waals surface area contributed by atoms with Crippen LogP contribution in [0.25, 0.3) is 0 Å². The van der Waals surface area contributed by atoms with Crippen LogP contribution in [0.4, 0.5) is 4.79 Å². The van der Waals surface area contributed by atoms with Gasteiger partial charge >= 0.3 is 6.09 Å². The highest BCUT2D eigenvalue weighted by atomic mass is 16.4. The second-order valence-electron chi connectivity index (χ2n) is 4.45. The fourth-order valence-corrected chi connectivity index (χ4v) is 2.58. The average molecular weight is 199 g/mol. The molecule has 2 N–H and O–H groups in total. The molecule has 1 saturated heterocycles. The van der Waals surface area contributed by atoms with E-state index >= 15 is 0 Å². The number of nitrogens with zero attached hydrogens (tertiary/aromatic N) is 1. The summed E-state index contributed by atoms with van der Waals surface area (Å²) >= 11 is 0. The van der Waals surface area contributed by atoms with Crippen LogP contribution in [0.5, 0.6) is 0 Å². The molecule has 0 aromatic rings. The molecule has 0 spiro atoms. The number of hydrogen-bond acceptors (Lipinski definition) is 2. The third kappa shape index (κ3) is 1.85. The topological polar surface area (TPSA) is 60.8 Å². The molecule has 2 fully saturated rings. The first-order chi connectivity index (χ1) is 6.72. The molecular weight excluding hydrogens is 182 g/mol. The van der Waals surface area contributed by atoms with Gasteiger partial charge in [0.2, 0.25) is 0 Å². The number of aliphatic hydroxyl groups excluding tert-OH is 1. The summed E-state index contributed by atoms with van der Waals surface area (Å²) in [5.41, 5.74) is 0. The van der Waals surface area contributed by atoms with Crippen molar-refractivity contribution in [2.45, 2.75) is 19.3 Å². The van der Waals surface area contributed by atoms with Gasteiger partial charge in [0, 0.05) is 19.7 Å². The van der Waals surface area contributed by atoms with Crippen LogP contribution in [-0.4, -0.2) is 40.9 Å². The predicted octanol–water partition coefficient (Wildman–Crippen LogP) is 1.00. The molecule has 1 amide bonds. The first-order valence-corrected chi connectivity index (χ1v) is 5.31. The lowest BCUT2D eigenvalue weighted by Gasteiger charge is -2.30. The molecule has 0 unspecified atom stereocenters. The maximum absolute atomic E-state index is 10.7. The van der Waals surface area contributed by atoms with Crippen LogP contribution in [-0.2, 0) is 0 Å². The number of rotatable bonds is 2. The summed E-state index contributed by atoms with van der Waals surface area (Å²) in [5.74, 6) is 1.84. The molecular formula is C10H17NO3. The van der Waals surface area contributed by atoms with Gasteiger partial charge in [0.1, 0.15) is 0 Å². The van der Waals surface area contributed by atoms with Gasteiger partial charge in [-0.25, -0.2) is 4.79 Å². The van der Waals surface area contributed by atoms with Gasteiger partial charge in [0.25, 0.3) is 0 Å². The molecule has 1 aliphatic heterocycles. The minimum Gasteiger partial charge on any atom is -0.465 e. The summed E-state index contributed by atoms with van der Waals surface area (Å²) in [6.07, 6.45) is 2.31. The van der Waals surface area contributed by atoms with E-state index in [2.05, 4.69) is 0 Å². The molecule has 4 heteroatoms. The van der Waals surface area contributed by atoms with E-state index in [1.807, 2.05) is 0 Å². The van der Waals surface area contributed by atoms with Crippen LogP contribution in [0.2, 0.25) is 0 Å². The van der Waals surface area contributed by atoms with E-state index in [0.717, 1.165) is 19.3 Å². The normalized spacial score (nSPS) is 33.1. The second kappa shape index (κ2) is 3.77. The summed E-state index contributed by atoms with van der Waals surface area (Å²) in [5, 5.41) is 17.7. The van der Waals surface area contributed by atoms with E-state index in [4.69, 9.17) is 10.2 Å². The Morgan fingerprint density at radius 3 is 2.43 bits per heavy atom. The van der Waals surface area contributed by atoms with Crippen molar-refractivity contribution < 1.29 is 15.0 Å². The van der Waals surface area contributed by atoms with Crippen molar-refractivity contribution in [1.29, 1.82) is 0 Å². The Kier molecular flexibility index (Phi) is 2.63. The zero-order chi connectivity index (χ0) is 10.1. The standard InChI is InChI=1S/C10H17NO3/c12-6-8-5-9(8)7-1-3-11(4-2-7)10(13)14/h7-9,12H,1-6H2,(H,13,14)/t8-,9-/m0/s1. The molecule has 0 radical (unpaired) electrons.